The van der Waals surface area contributed by atoms with Gasteiger partial charge in [0.25, 0.3) is 0 Å². The van der Waals surface area contributed by atoms with Crippen LogP contribution in [0.4, 0.5) is 26.3 Å². The Bertz CT molecular complexity index is 569. The minimum Gasteiger partial charge on any atom is -0.744 e. The molecule has 0 aliphatic carbocycles. The monoisotopic (exact) mass is 419 g/mol. The summed E-state index contributed by atoms with van der Waals surface area (Å²) in [5, 5.41) is 0. The molecule has 0 aliphatic heterocycles. The van der Waals surface area contributed by atoms with Gasteiger partial charge in [-0.05, 0) is 34.7 Å². The molecule has 0 N–H and O–H groups in total. The molecule has 0 aliphatic rings. The van der Waals surface area contributed by atoms with Crippen molar-refractivity contribution in [1.82, 2.24) is 0 Å². The van der Waals surface area contributed by atoms with E-state index in [4.69, 9.17) is 0 Å². The van der Waals surface area contributed by atoms with Crippen LogP contribution in [-0.4, -0.2) is 13.0 Å². The molecule has 3 nitrogen and oxygen atoms in total. The van der Waals surface area contributed by atoms with E-state index in [1.54, 1.807) is 0 Å². The molecule has 0 fully saturated rings. The van der Waals surface area contributed by atoms with Crippen LogP contribution in [0.5, 0.6) is 0 Å². The van der Waals surface area contributed by atoms with Crippen molar-refractivity contribution >= 4 is 32.7 Å². The highest BCUT2D eigenvalue weighted by molar-refractivity contribution is 14.1. The van der Waals surface area contributed by atoms with Crippen molar-refractivity contribution in [2.75, 3.05) is 0 Å². The van der Waals surface area contributed by atoms with E-state index in [0.717, 1.165) is 22.6 Å². The fourth-order valence-corrected chi connectivity index (χ4v) is 2.60. The largest absolute Gasteiger partial charge is 0.744 e. The lowest BCUT2D eigenvalue weighted by Crippen LogP contribution is -2.17. The maximum atomic E-state index is 12.5. The molecule has 1 rings (SSSR count). The maximum absolute atomic E-state index is 12.5. The Morgan fingerprint density at radius 1 is 0.947 bits per heavy atom. The maximum Gasteiger partial charge on any atom is 0.417 e. The molecule has 108 valence electrons. The van der Waals surface area contributed by atoms with Crippen LogP contribution in [0.1, 0.15) is 11.1 Å². The quantitative estimate of drug-likeness (QED) is 0.399. The third kappa shape index (κ3) is 3.72. The van der Waals surface area contributed by atoms with Gasteiger partial charge in [-0.1, -0.05) is 0 Å². The first kappa shape index (κ1) is 16.5. The molecule has 0 atom stereocenters. The average molecular weight is 419 g/mol. The van der Waals surface area contributed by atoms with E-state index in [1.807, 2.05) is 0 Å². The van der Waals surface area contributed by atoms with Gasteiger partial charge in [0.1, 0.15) is 10.1 Å². The van der Waals surface area contributed by atoms with Gasteiger partial charge in [0.15, 0.2) is 0 Å². The molecule has 0 saturated heterocycles. The number of hydrogen-bond acceptors (Lipinski definition) is 3. The predicted octanol–water partition coefficient (Wildman–Crippen LogP) is 3.23. The molecule has 0 saturated carbocycles. The summed E-state index contributed by atoms with van der Waals surface area (Å²) in [5.74, 6) is 0. The van der Waals surface area contributed by atoms with Crippen LogP contribution in [0.25, 0.3) is 0 Å². The Labute approximate surface area is 116 Å². The highest BCUT2D eigenvalue weighted by atomic mass is 127. The SMILES string of the molecule is O=S(=O)([O-])c1cc(C(F)(F)F)c(I)c(C(F)(F)F)c1. The molecule has 0 unspecified atom stereocenters. The van der Waals surface area contributed by atoms with E-state index >= 15 is 0 Å². The minimum atomic E-state index is -5.44. The van der Waals surface area contributed by atoms with Crippen LogP contribution in [0, 0.1) is 3.57 Å². The molecule has 0 radical (unpaired) electrons. The fraction of sp³-hybridized carbons (Fsp3) is 0.250. The topological polar surface area (TPSA) is 57.2 Å². The third-order valence-corrected chi connectivity index (χ3v) is 3.92. The van der Waals surface area contributed by atoms with Crippen molar-refractivity contribution in [1.29, 1.82) is 0 Å². The summed E-state index contributed by atoms with van der Waals surface area (Å²) in [6, 6.07) is -0.224. The lowest BCUT2D eigenvalue weighted by atomic mass is 10.1. The molecule has 1 aromatic carbocycles. The first-order valence-corrected chi connectivity index (χ1v) is 6.67. The highest BCUT2D eigenvalue weighted by Gasteiger charge is 2.41. The normalized spacial score (nSPS) is 13.7. The second-order valence-electron chi connectivity index (χ2n) is 3.28. The molecule has 19 heavy (non-hydrogen) atoms. The van der Waals surface area contributed by atoms with Crippen LogP contribution >= 0.6 is 22.6 Å². The van der Waals surface area contributed by atoms with Crippen molar-refractivity contribution in [3.63, 3.8) is 0 Å². The van der Waals surface area contributed by atoms with Crippen molar-refractivity contribution in [2.45, 2.75) is 17.2 Å². The lowest BCUT2D eigenvalue weighted by Gasteiger charge is -2.18. The standard InChI is InChI=1S/C8H3F6IO3S/c9-7(10,11)4-1-3(19(16,17)18)2-5(6(4)15)8(12,13)14/h1-2H,(H,16,17,18)/p-1. The Morgan fingerprint density at radius 3 is 1.47 bits per heavy atom. The number of hydrogen-bond donors (Lipinski definition) is 0. The second kappa shape index (κ2) is 4.77. The lowest BCUT2D eigenvalue weighted by molar-refractivity contribution is -0.144. The summed E-state index contributed by atoms with van der Waals surface area (Å²) in [4.78, 5) is -1.58. The summed E-state index contributed by atoms with van der Waals surface area (Å²) in [7, 11) is -5.44. The summed E-state index contributed by atoms with van der Waals surface area (Å²) in [6.07, 6.45) is -10.4. The van der Waals surface area contributed by atoms with E-state index < -0.39 is 42.1 Å². The zero-order valence-electron chi connectivity index (χ0n) is 8.43. The van der Waals surface area contributed by atoms with Crippen LogP contribution in [0.15, 0.2) is 17.0 Å². The van der Waals surface area contributed by atoms with Gasteiger partial charge >= 0.3 is 12.4 Å². The third-order valence-electron chi connectivity index (χ3n) is 1.95. The first-order chi connectivity index (χ1) is 8.24. The average Bonchev–Trinajstić information content (AvgIpc) is 2.11. The van der Waals surface area contributed by atoms with E-state index in [-0.39, 0.29) is 12.1 Å². The molecule has 0 aromatic heterocycles. The highest BCUT2D eigenvalue weighted by Crippen LogP contribution is 2.41. The fourth-order valence-electron chi connectivity index (χ4n) is 1.15. The molecular weight excluding hydrogens is 417 g/mol. The van der Waals surface area contributed by atoms with E-state index in [1.165, 1.54) is 0 Å². The van der Waals surface area contributed by atoms with E-state index in [2.05, 4.69) is 0 Å². The van der Waals surface area contributed by atoms with Crippen molar-refractivity contribution in [3.8, 4) is 0 Å². The summed E-state index contributed by atoms with van der Waals surface area (Å²) in [6.45, 7) is 0. The molecule has 0 heterocycles. The summed E-state index contributed by atoms with van der Waals surface area (Å²) < 4.78 is 106. The smallest absolute Gasteiger partial charge is 0.417 e. The number of benzene rings is 1. The second-order valence-corrected chi connectivity index (χ2v) is 5.74. The Kier molecular flexibility index (Phi) is 4.14. The van der Waals surface area contributed by atoms with E-state index in [9.17, 15) is 39.3 Å². The Balaban J connectivity index is 3.78. The van der Waals surface area contributed by atoms with Crippen LogP contribution in [-0.2, 0) is 22.5 Å². The van der Waals surface area contributed by atoms with Crippen molar-refractivity contribution in [3.05, 3.63) is 26.8 Å². The number of halogens is 7. The van der Waals surface area contributed by atoms with Gasteiger partial charge in [0.2, 0.25) is 0 Å². The Hall–Kier alpha value is -0.560. The summed E-state index contributed by atoms with van der Waals surface area (Å²) >= 11 is 0.799. The number of rotatable bonds is 1. The molecule has 1 aromatic rings. The van der Waals surface area contributed by atoms with Crippen LogP contribution in [0.2, 0.25) is 0 Å². The van der Waals surface area contributed by atoms with Gasteiger partial charge < -0.3 is 4.55 Å². The van der Waals surface area contributed by atoms with Gasteiger partial charge in [-0.3, -0.25) is 0 Å². The van der Waals surface area contributed by atoms with Gasteiger partial charge in [-0.25, -0.2) is 8.42 Å². The van der Waals surface area contributed by atoms with Gasteiger partial charge in [0, 0.05) is 3.57 Å². The summed E-state index contributed by atoms with van der Waals surface area (Å²) in [5.41, 5.74) is -3.64. The zero-order valence-corrected chi connectivity index (χ0v) is 11.4. The molecule has 0 spiro atoms. The van der Waals surface area contributed by atoms with Gasteiger partial charge in [-0.2, -0.15) is 26.3 Å². The van der Waals surface area contributed by atoms with Crippen molar-refractivity contribution in [2.24, 2.45) is 0 Å². The molecule has 0 bridgehead atoms. The Morgan fingerprint density at radius 2 is 1.26 bits per heavy atom. The molecule has 0 amide bonds. The van der Waals surface area contributed by atoms with Crippen LogP contribution < -0.4 is 0 Å². The van der Waals surface area contributed by atoms with Crippen LogP contribution in [0.3, 0.4) is 0 Å². The van der Waals surface area contributed by atoms with E-state index in [0.29, 0.717) is 0 Å². The first-order valence-electron chi connectivity index (χ1n) is 4.18. The molecule has 11 heteroatoms. The molecular formula is C8H2F6IO3S-. The minimum absolute atomic E-state index is 0.112. The van der Waals surface area contributed by atoms with Gasteiger partial charge in [0.05, 0.1) is 16.0 Å². The van der Waals surface area contributed by atoms with Crippen molar-refractivity contribution < 1.29 is 39.3 Å². The predicted molar refractivity (Wildman–Crippen MR) is 57.1 cm³/mol. The van der Waals surface area contributed by atoms with Gasteiger partial charge in [-0.15, -0.1) is 0 Å². The number of alkyl halides is 6. The zero-order chi connectivity index (χ0) is 15.2.